The summed E-state index contributed by atoms with van der Waals surface area (Å²) in [6.45, 7) is 0. The topological polar surface area (TPSA) is 40.5 Å². The first-order valence-corrected chi connectivity index (χ1v) is 6.77. The maximum absolute atomic E-state index is 9.65. The number of halogens is 5. The van der Waals surface area contributed by atoms with Gasteiger partial charge in [-0.15, -0.1) is 0 Å². The van der Waals surface area contributed by atoms with Crippen molar-refractivity contribution in [3.63, 3.8) is 0 Å². The van der Waals surface area contributed by atoms with E-state index >= 15 is 0 Å². The molecule has 0 aliphatic heterocycles. The standard InChI is InChI=1S/C12H5Cl5O2/c13-6-2-1-4(18)3-5(6)7-8(14)10(16)12(19)11(17)9(7)15/h1-3,18-19H. The molecule has 0 unspecified atom stereocenters. The van der Waals surface area contributed by atoms with E-state index in [1.807, 2.05) is 0 Å². The molecule has 0 heterocycles. The summed E-state index contributed by atoms with van der Waals surface area (Å²) in [5, 5.41) is 19.2. The Bertz CT molecular complexity index is 641. The van der Waals surface area contributed by atoms with Gasteiger partial charge >= 0.3 is 0 Å². The van der Waals surface area contributed by atoms with E-state index in [4.69, 9.17) is 58.0 Å². The van der Waals surface area contributed by atoms with Crippen LogP contribution >= 0.6 is 58.0 Å². The van der Waals surface area contributed by atoms with Crippen molar-refractivity contribution < 1.29 is 10.2 Å². The number of phenols is 2. The molecule has 2 N–H and O–H groups in total. The summed E-state index contributed by atoms with van der Waals surface area (Å²) in [5.74, 6) is -0.426. The molecule has 2 aromatic rings. The fourth-order valence-corrected chi connectivity index (χ4v) is 2.82. The number of aromatic hydroxyl groups is 2. The molecule has 0 spiro atoms. The first-order chi connectivity index (χ1) is 8.84. The Morgan fingerprint density at radius 1 is 0.737 bits per heavy atom. The van der Waals surface area contributed by atoms with Crippen molar-refractivity contribution in [3.8, 4) is 22.6 Å². The number of hydrogen-bond donors (Lipinski definition) is 2. The SMILES string of the molecule is Oc1ccc(Cl)c(-c2c(Cl)c(Cl)c(O)c(Cl)c2Cl)c1. The van der Waals surface area contributed by atoms with E-state index < -0.39 is 5.75 Å². The van der Waals surface area contributed by atoms with Gasteiger partial charge in [-0.2, -0.15) is 0 Å². The smallest absolute Gasteiger partial charge is 0.155 e. The van der Waals surface area contributed by atoms with Gasteiger partial charge in [-0.05, 0) is 18.2 Å². The average molecular weight is 358 g/mol. The second kappa shape index (κ2) is 5.47. The van der Waals surface area contributed by atoms with Crippen molar-refractivity contribution in [1.29, 1.82) is 0 Å². The molecule has 0 aromatic heterocycles. The Kier molecular flexibility index (Phi) is 4.29. The second-order valence-corrected chi connectivity index (χ2v) is 5.56. The van der Waals surface area contributed by atoms with Crippen LogP contribution in [0, 0.1) is 0 Å². The highest BCUT2D eigenvalue weighted by atomic mass is 35.5. The minimum absolute atomic E-state index is 0.000988. The van der Waals surface area contributed by atoms with Gasteiger partial charge in [0.2, 0.25) is 0 Å². The maximum atomic E-state index is 9.65. The molecule has 0 aliphatic rings. The van der Waals surface area contributed by atoms with Gasteiger partial charge in [0.1, 0.15) is 15.8 Å². The minimum atomic E-state index is -0.404. The van der Waals surface area contributed by atoms with Gasteiger partial charge in [-0.1, -0.05) is 58.0 Å². The lowest BCUT2D eigenvalue weighted by atomic mass is 10.0. The third-order valence-electron chi connectivity index (χ3n) is 2.46. The molecule has 0 atom stereocenters. The number of benzene rings is 2. The fraction of sp³-hybridized carbons (Fsp3) is 0. The molecule has 2 aromatic carbocycles. The van der Waals surface area contributed by atoms with Crippen LogP contribution in [0.1, 0.15) is 0 Å². The van der Waals surface area contributed by atoms with Crippen molar-refractivity contribution in [2.24, 2.45) is 0 Å². The predicted molar refractivity (Wildman–Crippen MR) is 80.3 cm³/mol. The fourth-order valence-electron chi connectivity index (χ4n) is 1.56. The molecule has 0 saturated carbocycles. The maximum Gasteiger partial charge on any atom is 0.155 e. The van der Waals surface area contributed by atoms with Crippen molar-refractivity contribution in [2.75, 3.05) is 0 Å². The van der Waals surface area contributed by atoms with Crippen LogP contribution in [0.3, 0.4) is 0 Å². The Morgan fingerprint density at radius 2 is 1.26 bits per heavy atom. The highest BCUT2D eigenvalue weighted by Gasteiger charge is 2.22. The van der Waals surface area contributed by atoms with Crippen molar-refractivity contribution in [3.05, 3.63) is 43.3 Å². The quantitative estimate of drug-likeness (QED) is 0.611. The lowest BCUT2D eigenvalue weighted by molar-refractivity contribution is 0.475. The average Bonchev–Trinajstić information content (AvgIpc) is 2.38. The van der Waals surface area contributed by atoms with E-state index in [2.05, 4.69) is 0 Å². The van der Waals surface area contributed by atoms with Gasteiger partial charge in [-0.3, -0.25) is 0 Å². The van der Waals surface area contributed by atoms with E-state index in [0.29, 0.717) is 10.6 Å². The monoisotopic (exact) mass is 356 g/mol. The van der Waals surface area contributed by atoms with Crippen LogP contribution in [-0.4, -0.2) is 10.2 Å². The molecule has 0 fully saturated rings. The molecule has 0 amide bonds. The molecule has 7 heteroatoms. The summed E-state index contributed by atoms with van der Waals surface area (Å²) in [7, 11) is 0. The summed E-state index contributed by atoms with van der Waals surface area (Å²) in [4.78, 5) is 0. The van der Waals surface area contributed by atoms with Crippen molar-refractivity contribution in [2.45, 2.75) is 0 Å². The van der Waals surface area contributed by atoms with E-state index in [1.165, 1.54) is 18.2 Å². The van der Waals surface area contributed by atoms with Crippen LogP contribution in [0.25, 0.3) is 11.1 Å². The molecule has 0 aliphatic carbocycles. The molecular formula is C12H5Cl5O2. The predicted octanol–water partition coefficient (Wildman–Crippen LogP) is 6.03. The van der Waals surface area contributed by atoms with E-state index in [0.717, 1.165) is 0 Å². The van der Waals surface area contributed by atoms with Gasteiger partial charge in [-0.25, -0.2) is 0 Å². The molecule has 0 bridgehead atoms. The zero-order chi connectivity index (χ0) is 14.3. The molecule has 0 saturated heterocycles. The number of rotatable bonds is 1. The normalized spacial score (nSPS) is 10.8. The van der Waals surface area contributed by atoms with Crippen molar-refractivity contribution >= 4 is 58.0 Å². The summed E-state index contributed by atoms with van der Waals surface area (Å²) >= 11 is 29.9. The molecule has 19 heavy (non-hydrogen) atoms. The molecule has 0 radical (unpaired) electrons. The molecule has 100 valence electrons. The van der Waals surface area contributed by atoms with Gasteiger partial charge in [0.15, 0.2) is 5.75 Å². The first-order valence-electron chi connectivity index (χ1n) is 4.88. The summed E-state index contributed by atoms with van der Waals surface area (Å²) in [5.41, 5.74) is 0.609. The van der Waals surface area contributed by atoms with Crippen LogP contribution in [0.4, 0.5) is 0 Å². The van der Waals surface area contributed by atoms with E-state index in [-0.39, 0.29) is 31.4 Å². The zero-order valence-corrected chi connectivity index (χ0v) is 12.8. The van der Waals surface area contributed by atoms with Crippen LogP contribution in [0.15, 0.2) is 18.2 Å². The second-order valence-electron chi connectivity index (χ2n) is 3.64. The van der Waals surface area contributed by atoms with E-state index in [9.17, 15) is 10.2 Å². The van der Waals surface area contributed by atoms with Crippen LogP contribution < -0.4 is 0 Å². The third-order valence-corrected chi connectivity index (χ3v) is 4.47. The van der Waals surface area contributed by atoms with E-state index in [1.54, 1.807) is 0 Å². The number of hydrogen-bond acceptors (Lipinski definition) is 2. The minimum Gasteiger partial charge on any atom is -0.508 e. The first kappa shape index (κ1) is 14.9. The Morgan fingerprint density at radius 3 is 1.79 bits per heavy atom. The summed E-state index contributed by atoms with van der Waals surface area (Å²) in [6, 6.07) is 4.27. The van der Waals surface area contributed by atoms with Gasteiger partial charge < -0.3 is 10.2 Å². The third kappa shape index (κ3) is 2.56. The molecular weight excluding hydrogens is 353 g/mol. The van der Waals surface area contributed by atoms with Gasteiger partial charge in [0.25, 0.3) is 0 Å². The lowest BCUT2D eigenvalue weighted by Gasteiger charge is -2.14. The Labute approximate surface area is 134 Å². The Hall–Kier alpha value is -0.510. The van der Waals surface area contributed by atoms with Gasteiger partial charge in [0, 0.05) is 16.1 Å². The van der Waals surface area contributed by atoms with Crippen molar-refractivity contribution in [1.82, 2.24) is 0 Å². The zero-order valence-electron chi connectivity index (χ0n) is 9.02. The van der Waals surface area contributed by atoms with Crippen LogP contribution in [-0.2, 0) is 0 Å². The highest BCUT2D eigenvalue weighted by molar-refractivity contribution is 6.52. The lowest BCUT2D eigenvalue weighted by Crippen LogP contribution is -1.87. The van der Waals surface area contributed by atoms with Crippen LogP contribution in [0.5, 0.6) is 11.5 Å². The summed E-state index contributed by atoms with van der Waals surface area (Å²) in [6.07, 6.45) is 0. The largest absolute Gasteiger partial charge is 0.508 e. The molecule has 2 nitrogen and oxygen atoms in total. The van der Waals surface area contributed by atoms with Crippen LogP contribution in [0.2, 0.25) is 25.1 Å². The highest BCUT2D eigenvalue weighted by Crippen LogP contribution is 2.50. The molecule has 2 rings (SSSR count). The summed E-state index contributed by atoms with van der Waals surface area (Å²) < 4.78 is 0. The number of phenolic OH excluding ortho intramolecular Hbond substituents is 2. The van der Waals surface area contributed by atoms with Gasteiger partial charge in [0.05, 0.1) is 10.0 Å². The Balaban J connectivity index is 2.87.